The molecular weight excluding hydrogens is 182 g/mol. The van der Waals surface area contributed by atoms with Gasteiger partial charge in [0.2, 0.25) is 0 Å². The summed E-state index contributed by atoms with van der Waals surface area (Å²) in [6, 6.07) is 0. The fraction of sp³-hybridized carbons (Fsp3) is 0.500. The van der Waals surface area contributed by atoms with Gasteiger partial charge in [0, 0.05) is 18.1 Å². The van der Waals surface area contributed by atoms with Crippen molar-refractivity contribution in [2.45, 2.75) is 19.3 Å². The number of hydrogen-bond acceptors (Lipinski definition) is 3. The minimum absolute atomic E-state index is 0.0154. The third kappa shape index (κ3) is 1.47. The van der Waals surface area contributed by atoms with Crippen molar-refractivity contribution in [2.75, 3.05) is 6.54 Å². The zero-order valence-corrected chi connectivity index (χ0v) is 7.73. The molecule has 74 valence electrons. The maximum atomic E-state index is 11.5. The van der Waals surface area contributed by atoms with E-state index in [2.05, 4.69) is 0 Å². The van der Waals surface area contributed by atoms with Gasteiger partial charge in [-0.1, -0.05) is 6.42 Å². The fourth-order valence-electron chi connectivity index (χ4n) is 1.60. The predicted octanol–water partition coefficient (Wildman–Crippen LogP) is 0.281. The first-order chi connectivity index (χ1) is 6.68. The molecular formula is C10H11NO3. The molecule has 1 aliphatic heterocycles. The van der Waals surface area contributed by atoms with Gasteiger partial charge in [0.1, 0.15) is 0 Å². The first kappa shape index (κ1) is 9.12. The van der Waals surface area contributed by atoms with Crippen molar-refractivity contribution in [1.82, 2.24) is 4.90 Å². The van der Waals surface area contributed by atoms with Crippen molar-refractivity contribution >= 4 is 17.6 Å². The molecule has 0 aromatic rings. The van der Waals surface area contributed by atoms with E-state index in [1.54, 1.807) is 0 Å². The quantitative estimate of drug-likeness (QED) is 0.605. The molecule has 0 radical (unpaired) electrons. The molecule has 2 aliphatic rings. The standard InChI is InChI=1S/C10H11NO3/c12-8(7-2-1-3-7)6-11-9(13)4-5-10(11)14/h4-5,7H,1-3,6H2. The van der Waals surface area contributed by atoms with Gasteiger partial charge in [0.15, 0.2) is 5.78 Å². The van der Waals surface area contributed by atoms with Crippen molar-refractivity contribution in [3.8, 4) is 0 Å². The SMILES string of the molecule is O=C(CN1C(=O)C=CC1=O)C1CCC1. The first-order valence-electron chi connectivity index (χ1n) is 4.75. The Morgan fingerprint density at radius 1 is 1.29 bits per heavy atom. The summed E-state index contributed by atoms with van der Waals surface area (Å²) < 4.78 is 0. The largest absolute Gasteiger partial charge is 0.297 e. The molecule has 1 aliphatic carbocycles. The number of imide groups is 1. The van der Waals surface area contributed by atoms with Crippen LogP contribution in [-0.4, -0.2) is 29.0 Å². The molecule has 2 rings (SSSR count). The minimum Gasteiger partial charge on any atom is -0.297 e. The Morgan fingerprint density at radius 2 is 1.86 bits per heavy atom. The van der Waals surface area contributed by atoms with Gasteiger partial charge >= 0.3 is 0 Å². The molecule has 4 heteroatoms. The van der Waals surface area contributed by atoms with E-state index in [0.29, 0.717) is 0 Å². The average molecular weight is 193 g/mol. The second-order valence-electron chi connectivity index (χ2n) is 3.69. The Morgan fingerprint density at radius 3 is 2.29 bits per heavy atom. The first-order valence-corrected chi connectivity index (χ1v) is 4.75. The zero-order chi connectivity index (χ0) is 10.1. The van der Waals surface area contributed by atoms with Crippen LogP contribution in [0.1, 0.15) is 19.3 Å². The highest BCUT2D eigenvalue weighted by Crippen LogP contribution is 2.27. The van der Waals surface area contributed by atoms with E-state index in [1.165, 1.54) is 12.2 Å². The molecule has 0 unspecified atom stereocenters. The van der Waals surface area contributed by atoms with Gasteiger partial charge in [-0.25, -0.2) is 0 Å². The van der Waals surface area contributed by atoms with E-state index >= 15 is 0 Å². The summed E-state index contributed by atoms with van der Waals surface area (Å²) in [5, 5.41) is 0. The number of Topliss-reactive ketones (excluding diaryl/α,β-unsaturated/α-hetero) is 1. The number of nitrogens with zero attached hydrogens (tertiary/aromatic N) is 1. The number of rotatable bonds is 3. The van der Waals surface area contributed by atoms with Crippen LogP contribution in [0.4, 0.5) is 0 Å². The molecule has 0 aromatic carbocycles. The van der Waals surface area contributed by atoms with Crippen LogP contribution in [0.2, 0.25) is 0 Å². The summed E-state index contributed by atoms with van der Waals surface area (Å²) in [4.78, 5) is 34.7. The Kier molecular flexibility index (Phi) is 2.19. The van der Waals surface area contributed by atoms with Crippen LogP contribution in [-0.2, 0) is 14.4 Å². The van der Waals surface area contributed by atoms with Gasteiger partial charge in [-0.05, 0) is 12.8 Å². The lowest BCUT2D eigenvalue weighted by Crippen LogP contribution is -2.38. The molecule has 1 fully saturated rings. The summed E-state index contributed by atoms with van der Waals surface area (Å²) in [5.41, 5.74) is 0. The molecule has 2 amide bonds. The van der Waals surface area contributed by atoms with Gasteiger partial charge in [-0.2, -0.15) is 0 Å². The van der Waals surface area contributed by atoms with Crippen LogP contribution >= 0.6 is 0 Å². The molecule has 0 bridgehead atoms. The Balaban J connectivity index is 1.93. The van der Waals surface area contributed by atoms with Gasteiger partial charge < -0.3 is 0 Å². The van der Waals surface area contributed by atoms with Gasteiger partial charge in [0.25, 0.3) is 11.8 Å². The van der Waals surface area contributed by atoms with Gasteiger partial charge in [-0.15, -0.1) is 0 Å². The Hall–Kier alpha value is -1.45. The highest BCUT2D eigenvalue weighted by Gasteiger charge is 2.31. The van der Waals surface area contributed by atoms with E-state index in [0.717, 1.165) is 24.2 Å². The van der Waals surface area contributed by atoms with E-state index in [4.69, 9.17) is 0 Å². The van der Waals surface area contributed by atoms with Crippen LogP contribution < -0.4 is 0 Å². The molecule has 4 nitrogen and oxygen atoms in total. The lowest BCUT2D eigenvalue weighted by Gasteiger charge is -2.25. The smallest absolute Gasteiger partial charge is 0.254 e. The normalized spacial score (nSPS) is 21.6. The second-order valence-corrected chi connectivity index (χ2v) is 3.69. The van der Waals surface area contributed by atoms with Crippen molar-refractivity contribution in [1.29, 1.82) is 0 Å². The number of carbonyl (C=O) groups excluding carboxylic acids is 3. The molecule has 1 saturated carbocycles. The van der Waals surface area contributed by atoms with E-state index < -0.39 is 0 Å². The van der Waals surface area contributed by atoms with Crippen LogP contribution in [0.5, 0.6) is 0 Å². The summed E-state index contributed by atoms with van der Waals surface area (Å²) in [6.07, 6.45) is 5.30. The maximum absolute atomic E-state index is 11.5. The number of hydrogen-bond donors (Lipinski definition) is 0. The number of carbonyl (C=O) groups is 3. The van der Waals surface area contributed by atoms with Gasteiger partial charge in [-0.3, -0.25) is 19.3 Å². The topological polar surface area (TPSA) is 54.5 Å². The third-order valence-corrected chi connectivity index (χ3v) is 2.78. The molecule has 0 saturated heterocycles. The summed E-state index contributed by atoms with van der Waals surface area (Å²) in [6.45, 7) is -0.0463. The monoisotopic (exact) mass is 193 g/mol. The molecule has 14 heavy (non-hydrogen) atoms. The fourth-order valence-corrected chi connectivity index (χ4v) is 1.60. The van der Waals surface area contributed by atoms with E-state index in [1.807, 2.05) is 0 Å². The maximum Gasteiger partial charge on any atom is 0.254 e. The Labute approximate surface area is 81.6 Å². The number of ketones is 1. The van der Waals surface area contributed by atoms with E-state index in [-0.39, 0.29) is 30.1 Å². The van der Waals surface area contributed by atoms with Crippen LogP contribution in [0.25, 0.3) is 0 Å². The second kappa shape index (κ2) is 3.36. The molecule has 0 spiro atoms. The van der Waals surface area contributed by atoms with Crippen molar-refractivity contribution in [3.05, 3.63) is 12.2 Å². The lowest BCUT2D eigenvalue weighted by atomic mass is 9.82. The van der Waals surface area contributed by atoms with Crippen molar-refractivity contribution < 1.29 is 14.4 Å². The third-order valence-electron chi connectivity index (χ3n) is 2.78. The summed E-state index contributed by atoms with van der Waals surface area (Å²) in [5.74, 6) is -0.650. The van der Waals surface area contributed by atoms with Crippen LogP contribution in [0, 0.1) is 5.92 Å². The van der Waals surface area contributed by atoms with E-state index in [9.17, 15) is 14.4 Å². The Bertz CT molecular complexity index is 310. The zero-order valence-electron chi connectivity index (χ0n) is 7.73. The van der Waals surface area contributed by atoms with Crippen molar-refractivity contribution in [3.63, 3.8) is 0 Å². The number of amides is 2. The summed E-state index contributed by atoms with van der Waals surface area (Å²) in [7, 11) is 0. The lowest BCUT2D eigenvalue weighted by molar-refractivity contribution is -0.142. The highest BCUT2D eigenvalue weighted by molar-refractivity contribution is 6.14. The summed E-state index contributed by atoms with van der Waals surface area (Å²) >= 11 is 0. The van der Waals surface area contributed by atoms with Crippen LogP contribution in [0.3, 0.4) is 0 Å². The minimum atomic E-state index is -0.373. The predicted molar refractivity (Wildman–Crippen MR) is 48.2 cm³/mol. The highest BCUT2D eigenvalue weighted by atomic mass is 16.2. The van der Waals surface area contributed by atoms with Crippen LogP contribution in [0.15, 0.2) is 12.2 Å². The van der Waals surface area contributed by atoms with Crippen molar-refractivity contribution in [2.24, 2.45) is 5.92 Å². The van der Waals surface area contributed by atoms with Gasteiger partial charge in [0.05, 0.1) is 6.54 Å². The molecule has 1 heterocycles. The average Bonchev–Trinajstić information content (AvgIpc) is 2.32. The molecule has 0 atom stereocenters. The molecule has 0 N–H and O–H groups in total. The molecule has 0 aromatic heterocycles.